The van der Waals surface area contributed by atoms with E-state index in [0.29, 0.717) is 40.1 Å². The number of ether oxygens (including phenoxy) is 1. The highest BCUT2D eigenvalue weighted by molar-refractivity contribution is 6.31. The molecule has 2 N–H and O–H groups in total. The van der Waals surface area contributed by atoms with Gasteiger partial charge in [0.15, 0.2) is 0 Å². The summed E-state index contributed by atoms with van der Waals surface area (Å²) in [5.41, 5.74) is 8.87. The van der Waals surface area contributed by atoms with Crippen LogP contribution in [-0.4, -0.2) is 33.7 Å². The fraction of sp³-hybridized carbons (Fsp3) is 0.292. The summed E-state index contributed by atoms with van der Waals surface area (Å²) in [6.45, 7) is 4.76. The van der Waals surface area contributed by atoms with E-state index >= 15 is 0 Å². The quantitative estimate of drug-likeness (QED) is 0.608. The second-order valence-electron chi connectivity index (χ2n) is 7.96. The zero-order valence-electron chi connectivity index (χ0n) is 18.0. The first-order valence-electron chi connectivity index (χ1n) is 10.5. The van der Waals surface area contributed by atoms with Crippen molar-refractivity contribution >= 4 is 23.3 Å². The number of halogens is 1. The molecule has 4 rings (SSSR count). The standard InChI is InChI=1S/C24H24ClN5O2/c1-15-12-20(9-10-22(15)25)32-19-7-5-17(6-8-19)23-21(13-26)24(27)30(28-23)18-4-3-11-29(14-18)16(2)31/h5-10,12,18H,3-4,11,14,27H2,1-2H3. The average molecular weight is 450 g/mol. The lowest BCUT2D eigenvalue weighted by Gasteiger charge is -2.32. The molecule has 0 spiro atoms. The largest absolute Gasteiger partial charge is 0.457 e. The first-order chi connectivity index (χ1) is 15.4. The van der Waals surface area contributed by atoms with E-state index in [4.69, 9.17) is 22.1 Å². The number of benzene rings is 2. The number of carbonyl (C=O) groups is 1. The maximum Gasteiger partial charge on any atom is 0.219 e. The predicted octanol–water partition coefficient (Wildman–Crippen LogP) is 4.94. The number of nitrogens with two attached hydrogens (primary N) is 1. The van der Waals surface area contributed by atoms with E-state index in [2.05, 4.69) is 11.2 Å². The van der Waals surface area contributed by atoms with Crippen molar-refractivity contribution in [3.63, 3.8) is 0 Å². The van der Waals surface area contributed by atoms with Crippen molar-refractivity contribution in [2.45, 2.75) is 32.7 Å². The number of hydrogen-bond acceptors (Lipinski definition) is 5. The summed E-state index contributed by atoms with van der Waals surface area (Å²) in [5.74, 6) is 1.71. The highest BCUT2D eigenvalue weighted by atomic mass is 35.5. The molecule has 0 bridgehead atoms. The van der Waals surface area contributed by atoms with Crippen molar-refractivity contribution in [3.8, 4) is 28.8 Å². The maximum absolute atomic E-state index is 11.8. The molecule has 2 aromatic carbocycles. The lowest BCUT2D eigenvalue weighted by atomic mass is 10.1. The number of nitrogens with zero attached hydrogens (tertiary/aromatic N) is 4. The Kier molecular flexibility index (Phi) is 6.06. The molecule has 164 valence electrons. The minimum absolute atomic E-state index is 0.0348. The molecule has 0 aliphatic carbocycles. The van der Waals surface area contributed by atoms with Gasteiger partial charge in [0.2, 0.25) is 5.91 Å². The monoisotopic (exact) mass is 449 g/mol. The molecular formula is C24H24ClN5O2. The summed E-state index contributed by atoms with van der Waals surface area (Å²) in [5, 5.41) is 15.1. The minimum Gasteiger partial charge on any atom is -0.457 e. The van der Waals surface area contributed by atoms with Crippen LogP contribution in [0.4, 0.5) is 5.82 Å². The van der Waals surface area contributed by atoms with Crippen molar-refractivity contribution in [3.05, 3.63) is 58.6 Å². The van der Waals surface area contributed by atoms with Crippen molar-refractivity contribution < 1.29 is 9.53 Å². The molecule has 32 heavy (non-hydrogen) atoms. The third kappa shape index (κ3) is 4.27. The summed E-state index contributed by atoms with van der Waals surface area (Å²) in [7, 11) is 0. The van der Waals surface area contributed by atoms with Crippen LogP contribution in [0.2, 0.25) is 5.02 Å². The third-order valence-electron chi connectivity index (χ3n) is 5.74. The molecule has 1 aromatic heterocycles. The number of aromatic nitrogens is 2. The topological polar surface area (TPSA) is 97.2 Å². The summed E-state index contributed by atoms with van der Waals surface area (Å²) < 4.78 is 7.61. The van der Waals surface area contributed by atoms with Crippen LogP contribution in [0.25, 0.3) is 11.3 Å². The number of piperidine rings is 1. The van der Waals surface area contributed by atoms with Crippen LogP contribution < -0.4 is 10.5 Å². The fourth-order valence-corrected chi connectivity index (χ4v) is 4.09. The Labute approximate surface area is 192 Å². The van der Waals surface area contributed by atoms with Gasteiger partial charge in [0.25, 0.3) is 0 Å². The number of nitrogen functional groups attached to an aromatic ring is 1. The van der Waals surface area contributed by atoms with E-state index in [1.54, 1.807) is 22.6 Å². The first-order valence-corrected chi connectivity index (χ1v) is 10.8. The Morgan fingerprint density at radius 2 is 1.97 bits per heavy atom. The highest BCUT2D eigenvalue weighted by Gasteiger charge is 2.27. The Balaban J connectivity index is 1.59. The van der Waals surface area contributed by atoms with E-state index in [1.165, 1.54) is 0 Å². The van der Waals surface area contributed by atoms with Crippen LogP contribution in [0.3, 0.4) is 0 Å². The van der Waals surface area contributed by atoms with Crippen LogP contribution in [0, 0.1) is 18.3 Å². The maximum atomic E-state index is 11.8. The molecule has 3 aromatic rings. The molecule has 1 aliphatic rings. The van der Waals surface area contributed by atoms with Crippen LogP contribution in [0.1, 0.15) is 36.9 Å². The van der Waals surface area contributed by atoms with Crippen LogP contribution in [0.5, 0.6) is 11.5 Å². The lowest BCUT2D eigenvalue weighted by Crippen LogP contribution is -2.40. The molecule has 0 saturated carbocycles. The van der Waals surface area contributed by atoms with Crippen molar-refractivity contribution in [1.82, 2.24) is 14.7 Å². The molecule has 1 amide bonds. The van der Waals surface area contributed by atoms with Gasteiger partial charge in [-0.3, -0.25) is 4.79 Å². The molecule has 7 nitrogen and oxygen atoms in total. The SMILES string of the molecule is CC(=O)N1CCCC(n2nc(-c3ccc(Oc4ccc(Cl)c(C)c4)cc3)c(C#N)c2N)C1. The van der Waals surface area contributed by atoms with Gasteiger partial charge in [-0.2, -0.15) is 10.4 Å². The number of carbonyl (C=O) groups excluding carboxylic acids is 1. The third-order valence-corrected chi connectivity index (χ3v) is 6.16. The Morgan fingerprint density at radius 3 is 2.62 bits per heavy atom. The molecule has 2 heterocycles. The van der Waals surface area contributed by atoms with E-state index in [0.717, 1.165) is 30.5 Å². The number of amides is 1. The zero-order valence-corrected chi connectivity index (χ0v) is 18.8. The van der Waals surface area contributed by atoms with Gasteiger partial charge < -0.3 is 15.4 Å². The fourth-order valence-electron chi connectivity index (χ4n) is 3.98. The lowest BCUT2D eigenvalue weighted by molar-refractivity contribution is -0.130. The van der Waals surface area contributed by atoms with E-state index < -0.39 is 0 Å². The molecule has 8 heteroatoms. The number of anilines is 1. The summed E-state index contributed by atoms with van der Waals surface area (Å²) in [4.78, 5) is 13.6. The number of hydrogen-bond donors (Lipinski definition) is 1. The molecular weight excluding hydrogens is 426 g/mol. The summed E-state index contributed by atoms with van der Waals surface area (Å²) in [6, 6.07) is 15.0. The van der Waals surface area contributed by atoms with Crippen LogP contribution >= 0.6 is 11.6 Å². The molecule has 1 aliphatic heterocycles. The second kappa shape index (κ2) is 8.93. The molecule has 1 atom stereocenters. The van der Waals surface area contributed by atoms with E-state index in [9.17, 15) is 10.1 Å². The van der Waals surface area contributed by atoms with Gasteiger partial charge in [-0.1, -0.05) is 11.6 Å². The first kappa shape index (κ1) is 21.7. The Bertz CT molecular complexity index is 1200. The Hall–Kier alpha value is -3.50. The summed E-state index contributed by atoms with van der Waals surface area (Å²) in [6.07, 6.45) is 1.73. The summed E-state index contributed by atoms with van der Waals surface area (Å²) >= 11 is 6.07. The molecule has 1 unspecified atom stereocenters. The smallest absolute Gasteiger partial charge is 0.219 e. The highest BCUT2D eigenvalue weighted by Crippen LogP contribution is 2.33. The number of nitriles is 1. The van der Waals surface area contributed by atoms with Crippen molar-refractivity contribution in [2.24, 2.45) is 0 Å². The number of rotatable bonds is 4. The van der Waals surface area contributed by atoms with Gasteiger partial charge in [-0.25, -0.2) is 4.68 Å². The number of aryl methyl sites for hydroxylation is 1. The van der Waals surface area contributed by atoms with Gasteiger partial charge >= 0.3 is 0 Å². The van der Waals surface area contributed by atoms with Crippen LogP contribution in [-0.2, 0) is 4.79 Å². The van der Waals surface area contributed by atoms with E-state index in [-0.39, 0.29) is 11.9 Å². The number of likely N-dealkylation sites (tertiary alicyclic amines) is 1. The van der Waals surface area contributed by atoms with Crippen molar-refractivity contribution in [2.75, 3.05) is 18.8 Å². The van der Waals surface area contributed by atoms with Crippen LogP contribution in [0.15, 0.2) is 42.5 Å². The second-order valence-corrected chi connectivity index (χ2v) is 8.37. The average Bonchev–Trinajstić information content (AvgIpc) is 3.13. The van der Waals surface area contributed by atoms with Gasteiger partial charge in [0, 0.05) is 30.6 Å². The molecule has 1 fully saturated rings. The van der Waals surface area contributed by atoms with Crippen molar-refractivity contribution in [1.29, 1.82) is 5.26 Å². The van der Waals surface area contributed by atoms with Gasteiger partial charge in [-0.05, 0) is 67.8 Å². The van der Waals surface area contributed by atoms with E-state index in [1.807, 2.05) is 43.3 Å². The van der Waals surface area contributed by atoms with Gasteiger partial charge in [-0.15, -0.1) is 0 Å². The molecule has 0 radical (unpaired) electrons. The van der Waals surface area contributed by atoms with Gasteiger partial charge in [0.05, 0.1) is 6.04 Å². The van der Waals surface area contributed by atoms with Gasteiger partial charge in [0.1, 0.15) is 34.6 Å². The predicted molar refractivity (Wildman–Crippen MR) is 124 cm³/mol. The zero-order chi connectivity index (χ0) is 22.8. The molecule has 1 saturated heterocycles. The normalized spacial score (nSPS) is 15.9. The minimum atomic E-state index is -0.0516. The Morgan fingerprint density at radius 1 is 1.25 bits per heavy atom.